The summed E-state index contributed by atoms with van der Waals surface area (Å²) in [4.78, 5) is 2.16. The van der Waals surface area contributed by atoms with E-state index in [4.69, 9.17) is 5.26 Å². The summed E-state index contributed by atoms with van der Waals surface area (Å²) in [6, 6.07) is 2.31. The largest absolute Gasteiger partial charge is 0.287 e. The van der Waals surface area contributed by atoms with Gasteiger partial charge in [0.1, 0.15) is 0 Å². The summed E-state index contributed by atoms with van der Waals surface area (Å²) in [6.07, 6.45) is 1.83. The van der Waals surface area contributed by atoms with E-state index in [0.29, 0.717) is 0 Å². The van der Waals surface area contributed by atoms with Crippen molar-refractivity contribution in [1.29, 1.82) is 5.26 Å². The molecule has 0 saturated carbocycles. The minimum atomic E-state index is -0.650. The lowest BCUT2D eigenvalue weighted by Crippen LogP contribution is -2.35. The zero-order valence-corrected chi connectivity index (χ0v) is 8.85. The molecule has 1 heterocycles. The van der Waals surface area contributed by atoms with Gasteiger partial charge in [-0.3, -0.25) is 9.11 Å². The van der Waals surface area contributed by atoms with Crippen LogP contribution in [0.15, 0.2) is 0 Å². The Kier molecular flexibility index (Phi) is 4.40. The Balaban J connectivity index is 2.50. The molecule has 0 radical (unpaired) electrons. The first-order valence-electron chi connectivity index (χ1n) is 4.76. The van der Waals surface area contributed by atoms with Crippen molar-refractivity contribution in [3.05, 3.63) is 0 Å². The molecule has 74 valence electrons. The highest BCUT2D eigenvalue weighted by Gasteiger charge is 2.19. The van der Waals surface area contributed by atoms with Crippen LogP contribution in [0.4, 0.5) is 0 Å². The van der Waals surface area contributed by atoms with E-state index < -0.39 is 10.8 Å². The van der Waals surface area contributed by atoms with Crippen molar-refractivity contribution in [3.63, 3.8) is 0 Å². The molecule has 0 spiro atoms. The fourth-order valence-corrected chi connectivity index (χ4v) is 2.70. The SMILES string of the molecule is CCC(C#N)N1CCCS(=O)CC1. The Labute approximate surface area is 82.2 Å². The van der Waals surface area contributed by atoms with Gasteiger partial charge in [-0.15, -0.1) is 0 Å². The van der Waals surface area contributed by atoms with Crippen LogP contribution in [-0.2, 0) is 10.8 Å². The van der Waals surface area contributed by atoms with Crippen molar-refractivity contribution in [1.82, 2.24) is 4.90 Å². The Morgan fingerprint density at radius 1 is 1.54 bits per heavy atom. The number of nitriles is 1. The molecule has 0 aromatic heterocycles. The summed E-state index contributed by atoms with van der Waals surface area (Å²) in [7, 11) is -0.650. The number of nitrogens with zero attached hydrogens (tertiary/aromatic N) is 2. The maximum absolute atomic E-state index is 11.2. The molecule has 2 atom stereocenters. The van der Waals surface area contributed by atoms with E-state index in [1.807, 2.05) is 6.92 Å². The van der Waals surface area contributed by atoms with Gasteiger partial charge >= 0.3 is 0 Å². The van der Waals surface area contributed by atoms with Crippen LogP contribution in [0.5, 0.6) is 0 Å². The number of rotatable bonds is 2. The average Bonchev–Trinajstić information content (AvgIpc) is 2.34. The first-order chi connectivity index (χ1) is 6.27. The van der Waals surface area contributed by atoms with Crippen molar-refractivity contribution in [2.24, 2.45) is 0 Å². The summed E-state index contributed by atoms with van der Waals surface area (Å²) in [6.45, 7) is 3.77. The smallest absolute Gasteiger partial charge is 0.0975 e. The molecule has 13 heavy (non-hydrogen) atoms. The molecule has 1 fully saturated rings. The summed E-state index contributed by atoms with van der Waals surface area (Å²) in [5.74, 6) is 1.54. The first kappa shape index (κ1) is 10.7. The van der Waals surface area contributed by atoms with Crippen LogP contribution in [0.3, 0.4) is 0 Å². The predicted octanol–water partition coefficient (Wildman–Crippen LogP) is 0.743. The van der Waals surface area contributed by atoms with E-state index in [1.54, 1.807) is 0 Å². The van der Waals surface area contributed by atoms with Gasteiger partial charge in [-0.05, 0) is 12.8 Å². The lowest BCUT2D eigenvalue weighted by Gasteiger charge is -2.23. The quantitative estimate of drug-likeness (QED) is 0.660. The highest BCUT2D eigenvalue weighted by molar-refractivity contribution is 7.85. The maximum atomic E-state index is 11.2. The van der Waals surface area contributed by atoms with Crippen LogP contribution < -0.4 is 0 Å². The molecule has 1 aliphatic heterocycles. The monoisotopic (exact) mass is 200 g/mol. The normalized spacial score (nSPS) is 27.5. The molecule has 1 aliphatic rings. The van der Waals surface area contributed by atoms with Crippen molar-refractivity contribution >= 4 is 10.8 Å². The van der Waals surface area contributed by atoms with Gasteiger partial charge in [0.25, 0.3) is 0 Å². The Hall–Kier alpha value is -0.400. The van der Waals surface area contributed by atoms with Gasteiger partial charge in [0.15, 0.2) is 0 Å². The maximum Gasteiger partial charge on any atom is 0.0975 e. The van der Waals surface area contributed by atoms with Gasteiger partial charge < -0.3 is 0 Å². The summed E-state index contributed by atoms with van der Waals surface area (Å²) < 4.78 is 11.2. The highest BCUT2D eigenvalue weighted by atomic mass is 32.2. The second-order valence-electron chi connectivity index (χ2n) is 3.29. The Bertz CT molecular complexity index is 224. The third-order valence-electron chi connectivity index (χ3n) is 2.40. The number of hydrogen-bond donors (Lipinski definition) is 0. The van der Waals surface area contributed by atoms with Gasteiger partial charge in [-0.25, -0.2) is 0 Å². The second kappa shape index (κ2) is 5.36. The van der Waals surface area contributed by atoms with Crippen LogP contribution >= 0.6 is 0 Å². The first-order valence-corrected chi connectivity index (χ1v) is 6.25. The van der Waals surface area contributed by atoms with E-state index >= 15 is 0 Å². The predicted molar refractivity (Wildman–Crippen MR) is 53.8 cm³/mol. The lowest BCUT2D eigenvalue weighted by atomic mass is 10.2. The van der Waals surface area contributed by atoms with Crippen LogP contribution in [0, 0.1) is 11.3 Å². The van der Waals surface area contributed by atoms with Crippen LogP contribution in [0.25, 0.3) is 0 Å². The summed E-state index contributed by atoms with van der Waals surface area (Å²) in [5.41, 5.74) is 0. The van der Waals surface area contributed by atoms with Gasteiger partial charge in [0.2, 0.25) is 0 Å². The molecule has 2 unspecified atom stereocenters. The van der Waals surface area contributed by atoms with Crippen LogP contribution in [0.1, 0.15) is 19.8 Å². The zero-order valence-electron chi connectivity index (χ0n) is 8.03. The molecule has 0 aromatic carbocycles. The number of hydrogen-bond acceptors (Lipinski definition) is 3. The average molecular weight is 200 g/mol. The fraction of sp³-hybridized carbons (Fsp3) is 0.889. The highest BCUT2D eigenvalue weighted by Crippen LogP contribution is 2.08. The molecule has 0 amide bonds. The van der Waals surface area contributed by atoms with Crippen molar-refractivity contribution in [2.45, 2.75) is 25.8 Å². The standard InChI is InChI=1S/C9H16N2OS/c1-2-9(8-10)11-4-3-6-13(12)7-5-11/h9H,2-7H2,1H3. The molecule has 4 heteroatoms. The molecule has 1 saturated heterocycles. The fourth-order valence-electron chi connectivity index (χ4n) is 1.60. The van der Waals surface area contributed by atoms with E-state index in [2.05, 4.69) is 11.0 Å². The van der Waals surface area contributed by atoms with Crippen molar-refractivity contribution in [3.8, 4) is 6.07 Å². The summed E-state index contributed by atoms with van der Waals surface area (Å²) >= 11 is 0. The van der Waals surface area contributed by atoms with Gasteiger partial charge in [0, 0.05) is 35.4 Å². The topological polar surface area (TPSA) is 44.1 Å². The van der Waals surface area contributed by atoms with E-state index in [9.17, 15) is 4.21 Å². The molecule has 1 rings (SSSR count). The van der Waals surface area contributed by atoms with Crippen molar-refractivity contribution < 1.29 is 4.21 Å². The molecule has 0 bridgehead atoms. The minimum Gasteiger partial charge on any atom is -0.287 e. The molecule has 0 N–H and O–H groups in total. The van der Waals surface area contributed by atoms with Crippen molar-refractivity contribution in [2.75, 3.05) is 24.6 Å². The molecule has 3 nitrogen and oxygen atoms in total. The molecular formula is C9H16N2OS. The van der Waals surface area contributed by atoms with Crippen LogP contribution in [-0.4, -0.2) is 39.7 Å². The van der Waals surface area contributed by atoms with Crippen LogP contribution in [0.2, 0.25) is 0 Å². The third-order valence-corrected chi connectivity index (χ3v) is 3.78. The molecule has 0 aromatic rings. The lowest BCUT2D eigenvalue weighted by molar-refractivity contribution is 0.247. The Morgan fingerprint density at radius 3 is 2.92 bits per heavy atom. The minimum absolute atomic E-state index is 0.0232. The summed E-state index contributed by atoms with van der Waals surface area (Å²) in [5, 5.41) is 8.87. The second-order valence-corrected chi connectivity index (χ2v) is 4.99. The van der Waals surface area contributed by atoms with E-state index in [0.717, 1.165) is 37.4 Å². The Morgan fingerprint density at radius 2 is 2.31 bits per heavy atom. The third kappa shape index (κ3) is 3.09. The van der Waals surface area contributed by atoms with E-state index in [1.165, 1.54) is 0 Å². The van der Waals surface area contributed by atoms with Gasteiger partial charge in [-0.1, -0.05) is 6.92 Å². The van der Waals surface area contributed by atoms with Gasteiger partial charge in [-0.2, -0.15) is 5.26 Å². The van der Waals surface area contributed by atoms with Gasteiger partial charge in [0.05, 0.1) is 12.1 Å². The molecular weight excluding hydrogens is 184 g/mol. The van der Waals surface area contributed by atoms with E-state index in [-0.39, 0.29) is 6.04 Å². The zero-order chi connectivity index (χ0) is 9.68. The molecule has 0 aliphatic carbocycles.